The standard InChI is InChI=1S/C14H22N4OS/c1-3-15-13-8-7-12(17-18-13)14(19)16-10-5-4-6-11(9-10)20-2/h7-8,10-11H,3-6,9H2,1-2H3,(H,15,18)(H,16,19). The number of thioether (sulfide) groups is 1. The molecule has 110 valence electrons. The quantitative estimate of drug-likeness (QED) is 0.872. The molecule has 0 aliphatic heterocycles. The number of rotatable bonds is 5. The Bertz CT molecular complexity index is 437. The van der Waals surface area contributed by atoms with Gasteiger partial charge >= 0.3 is 0 Å². The normalized spacial score (nSPS) is 22.3. The van der Waals surface area contributed by atoms with Crippen molar-refractivity contribution in [1.82, 2.24) is 15.5 Å². The van der Waals surface area contributed by atoms with Gasteiger partial charge in [0.25, 0.3) is 5.91 Å². The van der Waals surface area contributed by atoms with Crippen molar-refractivity contribution in [3.63, 3.8) is 0 Å². The van der Waals surface area contributed by atoms with Gasteiger partial charge in [0.15, 0.2) is 5.69 Å². The smallest absolute Gasteiger partial charge is 0.272 e. The number of carbonyl (C=O) groups is 1. The lowest BCUT2D eigenvalue weighted by Crippen LogP contribution is -2.39. The van der Waals surface area contributed by atoms with Gasteiger partial charge in [0.05, 0.1) is 0 Å². The summed E-state index contributed by atoms with van der Waals surface area (Å²) in [7, 11) is 0. The second-order valence-corrected chi connectivity index (χ2v) is 6.17. The maximum absolute atomic E-state index is 12.1. The Morgan fingerprint density at radius 3 is 2.90 bits per heavy atom. The zero-order valence-corrected chi connectivity index (χ0v) is 12.9. The Labute approximate surface area is 124 Å². The van der Waals surface area contributed by atoms with Crippen LogP contribution in [-0.4, -0.2) is 40.2 Å². The fourth-order valence-electron chi connectivity index (χ4n) is 2.48. The maximum atomic E-state index is 12.1. The third kappa shape index (κ3) is 4.10. The van der Waals surface area contributed by atoms with Crippen LogP contribution in [-0.2, 0) is 0 Å². The Hall–Kier alpha value is -1.30. The van der Waals surface area contributed by atoms with Gasteiger partial charge in [0.2, 0.25) is 0 Å². The van der Waals surface area contributed by atoms with Crippen LogP contribution in [0.5, 0.6) is 0 Å². The zero-order chi connectivity index (χ0) is 14.4. The van der Waals surface area contributed by atoms with Gasteiger partial charge in [-0.15, -0.1) is 10.2 Å². The highest BCUT2D eigenvalue weighted by atomic mass is 32.2. The van der Waals surface area contributed by atoms with Crippen molar-refractivity contribution in [2.24, 2.45) is 0 Å². The molecule has 1 aliphatic rings. The summed E-state index contributed by atoms with van der Waals surface area (Å²) in [5, 5.41) is 14.8. The SMILES string of the molecule is CCNc1ccc(C(=O)NC2CCCC(SC)C2)nn1. The number of nitrogens with zero attached hydrogens (tertiary/aromatic N) is 2. The molecule has 2 atom stereocenters. The monoisotopic (exact) mass is 294 g/mol. The van der Waals surface area contributed by atoms with E-state index in [1.54, 1.807) is 12.1 Å². The number of hydrogen-bond acceptors (Lipinski definition) is 5. The van der Waals surface area contributed by atoms with E-state index in [-0.39, 0.29) is 11.9 Å². The number of amides is 1. The molecule has 0 bridgehead atoms. The topological polar surface area (TPSA) is 66.9 Å². The molecule has 0 aromatic carbocycles. The summed E-state index contributed by atoms with van der Waals surface area (Å²) in [6.07, 6.45) is 6.69. The predicted octanol–water partition coefficient (Wildman–Crippen LogP) is 2.31. The number of anilines is 1. The van der Waals surface area contributed by atoms with Crippen LogP contribution in [0.25, 0.3) is 0 Å². The van der Waals surface area contributed by atoms with E-state index in [4.69, 9.17) is 0 Å². The van der Waals surface area contributed by atoms with E-state index in [1.165, 1.54) is 12.8 Å². The molecule has 1 amide bonds. The van der Waals surface area contributed by atoms with Gasteiger partial charge < -0.3 is 10.6 Å². The molecule has 2 rings (SSSR count). The van der Waals surface area contributed by atoms with Crippen molar-refractivity contribution < 1.29 is 4.79 Å². The minimum Gasteiger partial charge on any atom is -0.369 e. The summed E-state index contributed by atoms with van der Waals surface area (Å²) in [5.74, 6) is 0.580. The molecule has 0 radical (unpaired) electrons. The molecule has 0 spiro atoms. The molecular weight excluding hydrogens is 272 g/mol. The fraction of sp³-hybridized carbons (Fsp3) is 0.643. The molecule has 1 heterocycles. The molecule has 5 nitrogen and oxygen atoms in total. The summed E-state index contributed by atoms with van der Waals surface area (Å²) in [6, 6.07) is 3.77. The molecule has 1 aromatic rings. The first-order chi connectivity index (χ1) is 9.72. The molecule has 2 N–H and O–H groups in total. The lowest BCUT2D eigenvalue weighted by molar-refractivity contribution is 0.0922. The van der Waals surface area contributed by atoms with E-state index < -0.39 is 0 Å². The molecule has 1 aliphatic carbocycles. The minimum absolute atomic E-state index is 0.118. The Kier molecular flexibility index (Phi) is 5.64. The Balaban J connectivity index is 1.90. The fourth-order valence-corrected chi connectivity index (χ4v) is 3.31. The summed E-state index contributed by atoms with van der Waals surface area (Å²) in [6.45, 7) is 2.78. The average Bonchev–Trinajstić information content (AvgIpc) is 2.48. The van der Waals surface area contributed by atoms with E-state index in [2.05, 4.69) is 27.1 Å². The molecule has 1 fully saturated rings. The number of aromatic nitrogens is 2. The maximum Gasteiger partial charge on any atom is 0.272 e. The van der Waals surface area contributed by atoms with Crippen LogP contribution in [0.4, 0.5) is 5.82 Å². The molecule has 2 unspecified atom stereocenters. The van der Waals surface area contributed by atoms with Crippen LogP contribution in [0, 0.1) is 0 Å². The van der Waals surface area contributed by atoms with E-state index in [9.17, 15) is 4.79 Å². The zero-order valence-electron chi connectivity index (χ0n) is 12.1. The second kappa shape index (κ2) is 7.47. The Morgan fingerprint density at radius 1 is 1.40 bits per heavy atom. The lowest BCUT2D eigenvalue weighted by Gasteiger charge is -2.28. The van der Waals surface area contributed by atoms with Crippen LogP contribution < -0.4 is 10.6 Å². The molecule has 1 aromatic heterocycles. The lowest BCUT2D eigenvalue weighted by atomic mass is 9.95. The summed E-state index contributed by atoms with van der Waals surface area (Å²) >= 11 is 1.89. The van der Waals surface area contributed by atoms with Crippen LogP contribution in [0.2, 0.25) is 0 Å². The van der Waals surface area contributed by atoms with Gasteiger partial charge in [0, 0.05) is 17.8 Å². The third-order valence-electron chi connectivity index (χ3n) is 3.55. The van der Waals surface area contributed by atoms with Crippen molar-refractivity contribution in [2.45, 2.75) is 43.9 Å². The van der Waals surface area contributed by atoms with Crippen molar-refractivity contribution in [3.05, 3.63) is 17.8 Å². The highest BCUT2D eigenvalue weighted by Crippen LogP contribution is 2.26. The van der Waals surface area contributed by atoms with Crippen molar-refractivity contribution in [3.8, 4) is 0 Å². The van der Waals surface area contributed by atoms with Crippen LogP contribution in [0.15, 0.2) is 12.1 Å². The van der Waals surface area contributed by atoms with Gasteiger partial charge in [0.1, 0.15) is 5.82 Å². The average molecular weight is 294 g/mol. The summed E-state index contributed by atoms with van der Waals surface area (Å²) in [5.41, 5.74) is 0.387. The number of hydrogen-bond donors (Lipinski definition) is 2. The molecular formula is C14H22N4OS. The van der Waals surface area contributed by atoms with Crippen LogP contribution >= 0.6 is 11.8 Å². The first-order valence-electron chi connectivity index (χ1n) is 7.14. The second-order valence-electron chi connectivity index (χ2n) is 5.03. The highest BCUT2D eigenvalue weighted by molar-refractivity contribution is 7.99. The third-order valence-corrected chi connectivity index (χ3v) is 4.64. The van der Waals surface area contributed by atoms with Crippen molar-refractivity contribution >= 4 is 23.5 Å². The van der Waals surface area contributed by atoms with E-state index in [0.717, 1.165) is 19.4 Å². The summed E-state index contributed by atoms with van der Waals surface area (Å²) in [4.78, 5) is 12.1. The molecule has 0 saturated heterocycles. The highest BCUT2D eigenvalue weighted by Gasteiger charge is 2.23. The first-order valence-corrected chi connectivity index (χ1v) is 8.43. The molecule has 6 heteroatoms. The van der Waals surface area contributed by atoms with Gasteiger partial charge in [-0.25, -0.2) is 0 Å². The predicted molar refractivity (Wildman–Crippen MR) is 83.2 cm³/mol. The van der Waals surface area contributed by atoms with Crippen molar-refractivity contribution in [1.29, 1.82) is 0 Å². The van der Waals surface area contributed by atoms with Gasteiger partial charge in [-0.05, 0) is 44.6 Å². The first kappa shape index (κ1) is 15.1. The summed E-state index contributed by atoms with van der Waals surface area (Å²) < 4.78 is 0. The molecule has 20 heavy (non-hydrogen) atoms. The number of nitrogens with one attached hydrogen (secondary N) is 2. The largest absolute Gasteiger partial charge is 0.369 e. The van der Waals surface area contributed by atoms with Gasteiger partial charge in [-0.2, -0.15) is 11.8 Å². The minimum atomic E-state index is -0.118. The Morgan fingerprint density at radius 2 is 2.25 bits per heavy atom. The number of carbonyl (C=O) groups excluding carboxylic acids is 1. The van der Waals surface area contributed by atoms with E-state index in [1.807, 2.05) is 18.7 Å². The van der Waals surface area contributed by atoms with E-state index in [0.29, 0.717) is 16.8 Å². The van der Waals surface area contributed by atoms with E-state index >= 15 is 0 Å². The van der Waals surface area contributed by atoms with Crippen LogP contribution in [0.3, 0.4) is 0 Å². The van der Waals surface area contributed by atoms with Gasteiger partial charge in [-0.1, -0.05) is 6.42 Å². The molecule has 1 saturated carbocycles. The van der Waals surface area contributed by atoms with Crippen molar-refractivity contribution in [2.75, 3.05) is 18.1 Å². The van der Waals surface area contributed by atoms with Gasteiger partial charge in [-0.3, -0.25) is 4.79 Å². The van der Waals surface area contributed by atoms with Crippen LogP contribution in [0.1, 0.15) is 43.1 Å².